The Morgan fingerprint density at radius 2 is 1.93 bits per heavy atom. The van der Waals surface area contributed by atoms with Crippen molar-refractivity contribution in [2.45, 2.75) is 45.8 Å². The minimum absolute atomic E-state index is 0.00197. The van der Waals surface area contributed by atoms with Gasteiger partial charge in [0.1, 0.15) is 6.10 Å². The molecule has 2 unspecified atom stereocenters. The second-order valence-corrected chi connectivity index (χ2v) is 3.67. The Morgan fingerprint density at radius 1 is 1.40 bits per heavy atom. The van der Waals surface area contributed by atoms with E-state index < -0.39 is 30.0 Å². The summed E-state index contributed by atoms with van der Waals surface area (Å²) in [6.45, 7) is 4.92. The largest absolute Gasteiger partial charge is 0.462 e. The number of ether oxygens (including phenoxy) is 1. The van der Waals surface area contributed by atoms with Crippen molar-refractivity contribution in [1.29, 1.82) is 0 Å². The van der Waals surface area contributed by atoms with E-state index in [1.807, 2.05) is 0 Å². The van der Waals surface area contributed by atoms with Crippen LogP contribution in [0.1, 0.15) is 33.6 Å². The third-order valence-corrected chi connectivity index (χ3v) is 2.13. The normalized spacial score (nSPS) is 16.5. The summed E-state index contributed by atoms with van der Waals surface area (Å²) in [5, 5.41) is 9.28. The third kappa shape index (κ3) is 5.37. The molecule has 0 rings (SSSR count). The van der Waals surface area contributed by atoms with Gasteiger partial charge < -0.3 is 15.6 Å². The molecule has 0 saturated heterocycles. The maximum atomic E-state index is 11.5. The first kappa shape index (κ1) is 13.9. The number of carbonyl (C=O) groups is 2. The highest BCUT2D eigenvalue weighted by Gasteiger charge is 2.25. The Labute approximate surface area is 89.6 Å². The number of nitrogens with two attached hydrogens (primary N) is 1. The van der Waals surface area contributed by atoms with Crippen LogP contribution in [0.5, 0.6) is 0 Å². The fourth-order valence-electron chi connectivity index (χ4n) is 1.32. The summed E-state index contributed by atoms with van der Waals surface area (Å²) in [7, 11) is 0. The Kier molecular flexibility index (Phi) is 5.93. The molecule has 3 N–H and O–H groups in total. The van der Waals surface area contributed by atoms with E-state index in [2.05, 4.69) is 0 Å². The van der Waals surface area contributed by atoms with E-state index in [1.54, 1.807) is 13.8 Å². The zero-order valence-electron chi connectivity index (χ0n) is 9.40. The molecule has 1 amide bonds. The SMILES string of the molecule is CCC(C(=O)O[C@@H](C)CC(N)=O)C(C)O. The molecule has 88 valence electrons. The van der Waals surface area contributed by atoms with Gasteiger partial charge in [-0.3, -0.25) is 9.59 Å². The molecule has 0 bridgehead atoms. The molecule has 0 fully saturated rings. The molecule has 0 spiro atoms. The smallest absolute Gasteiger partial charge is 0.311 e. The zero-order chi connectivity index (χ0) is 12.0. The number of hydrogen-bond acceptors (Lipinski definition) is 4. The topological polar surface area (TPSA) is 89.6 Å². The summed E-state index contributed by atoms with van der Waals surface area (Å²) in [6.07, 6.45) is -0.784. The summed E-state index contributed by atoms with van der Waals surface area (Å²) >= 11 is 0. The van der Waals surface area contributed by atoms with E-state index >= 15 is 0 Å². The lowest BCUT2D eigenvalue weighted by atomic mass is 10.0. The number of aliphatic hydroxyl groups excluding tert-OH is 1. The van der Waals surface area contributed by atoms with E-state index in [-0.39, 0.29) is 6.42 Å². The summed E-state index contributed by atoms with van der Waals surface area (Å²) in [6, 6.07) is 0. The number of esters is 1. The van der Waals surface area contributed by atoms with Crippen LogP contribution in [0.25, 0.3) is 0 Å². The van der Waals surface area contributed by atoms with Crippen LogP contribution in [0.2, 0.25) is 0 Å². The molecule has 0 aliphatic carbocycles. The Hall–Kier alpha value is -1.10. The van der Waals surface area contributed by atoms with Gasteiger partial charge in [-0.05, 0) is 20.3 Å². The molecule has 3 atom stereocenters. The monoisotopic (exact) mass is 217 g/mol. The highest BCUT2D eigenvalue weighted by molar-refractivity contribution is 5.76. The van der Waals surface area contributed by atoms with Crippen molar-refractivity contribution in [3.8, 4) is 0 Å². The molecule has 5 nitrogen and oxygen atoms in total. The summed E-state index contributed by atoms with van der Waals surface area (Å²) in [4.78, 5) is 22.0. The average Bonchev–Trinajstić information content (AvgIpc) is 2.01. The van der Waals surface area contributed by atoms with E-state index in [9.17, 15) is 14.7 Å². The van der Waals surface area contributed by atoms with Gasteiger partial charge in [-0.1, -0.05) is 6.92 Å². The highest BCUT2D eigenvalue weighted by Crippen LogP contribution is 2.12. The third-order valence-electron chi connectivity index (χ3n) is 2.13. The molecular formula is C10H19NO4. The van der Waals surface area contributed by atoms with Gasteiger partial charge in [-0.2, -0.15) is 0 Å². The van der Waals surface area contributed by atoms with Crippen molar-refractivity contribution >= 4 is 11.9 Å². The van der Waals surface area contributed by atoms with Crippen LogP contribution in [0, 0.1) is 5.92 Å². The van der Waals surface area contributed by atoms with Gasteiger partial charge in [-0.15, -0.1) is 0 Å². The lowest BCUT2D eigenvalue weighted by Gasteiger charge is -2.19. The predicted molar refractivity (Wildman–Crippen MR) is 54.8 cm³/mol. The van der Waals surface area contributed by atoms with Crippen molar-refractivity contribution in [2.75, 3.05) is 0 Å². The maximum Gasteiger partial charge on any atom is 0.311 e. The number of primary amides is 1. The number of carbonyl (C=O) groups excluding carboxylic acids is 2. The molecule has 0 aromatic carbocycles. The van der Waals surface area contributed by atoms with Crippen molar-refractivity contribution in [3.05, 3.63) is 0 Å². The van der Waals surface area contributed by atoms with Crippen molar-refractivity contribution < 1.29 is 19.4 Å². The maximum absolute atomic E-state index is 11.5. The minimum Gasteiger partial charge on any atom is -0.462 e. The average molecular weight is 217 g/mol. The van der Waals surface area contributed by atoms with Crippen LogP contribution in [-0.2, 0) is 14.3 Å². The molecular weight excluding hydrogens is 198 g/mol. The Morgan fingerprint density at radius 3 is 2.27 bits per heavy atom. The highest BCUT2D eigenvalue weighted by atomic mass is 16.5. The molecule has 0 aliphatic rings. The van der Waals surface area contributed by atoms with Gasteiger partial charge in [0, 0.05) is 0 Å². The summed E-state index contributed by atoms with van der Waals surface area (Å²) in [5.41, 5.74) is 4.96. The van der Waals surface area contributed by atoms with E-state index in [4.69, 9.17) is 10.5 Å². The van der Waals surface area contributed by atoms with E-state index in [0.717, 1.165) is 0 Å². The molecule has 0 aliphatic heterocycles. The second kappa shape index (κ2) is 6.40. The van der Waals surface area contributed by atoms with E-state index in [0.29, 0.717) is 6.42 Å². The van der Waals surface area contributed by atoms with Crippen LogP contribution in [0.3, 0.4) is 0 Å². The molecule has 0 saturated carbocycles. The van der Waals surface area contributed by atoms with Gasteiger partial charge in [0.05, 0.1) is 18.4 Å². The van der Waals surface area contributed by atoms with Crippen LogP contribution in [-0.4, -0.2) is 29.2 Å². The lowest BCUT2D eigenvalue weighted by Crippen LogP contribution is -2.31. The van der Waals surface area contributed by atoms with Crippen molar-refractivity contribution in [3.63, 3.8) is 0 Å². The summed E-state index contributed by atoms with van der Waals surface area (Å²) in [5.74, 6) is -1.54. The first-order valence-corrected chi connectivity index (χ1v) is 5.05. The Balaban J connectivity index is 4.16. The van der Waals surface area contributed by atoms with Crippen molar-refractivity contribution in [1.82, 2.24) is 0 Å². The number of rotatable bonds is 6. The molecule has 0 radical (unpaired) electrons. The number of aliphatic hydroxyl groups is 1. The molecule has 0 aromatic heterocycles. The fraction of sp³-hybridized carbons (Fsp3) is 0.800. The first-order chi connectivity index (χ1) is 6.88. The molecule has 15 heavy (non-hydrogen) atoms. The standard InChI is InChI=1S/C10H19NO4/c1-4-8(7(3)12)10(14)15-6(2)5-9(11)13/h6-8,12H,4-5H2,1-3H3,(H2,11,13)/t6-,7?,8?/m0/s1. The summed E-state index contributed by atoms with van der Waals surface area (Å²) < 4.78 is 4.98. The van der Waals surface area contributed by atoms with Crippen LogP contribution in [0.15, 0.2) is 0 Å². The van der Waals surface area contributed by atoms with Gasteiger partial charge in [-0.25, -0.2) is 0 Å². The van der Waals surface area contributed by atoms with Gasteiger partial charge in [0.15, 0.2) is 0 Å². The molecule has 0 heterocycles. The first-order valence-electron chi connectivity index (χ1n) is 5.05. The van der Waals surface area contributed by atoms with E-state index in [1.165, 1.54) is 6.92 Å². The molecule has 0 aromatic rings. The fourth-order valence-corrected chi connectivity index (χ4v) is 1.32. The van der Waals surface area contributed by atoms with Gasteiger partial charge in [0.2, 0.25) is 5.91 Å². The quantitative estimate of drug-likeness (QED) is 0.622. The number of amides is 1. The van der Waals surface area contributed by atoms with Gasteiger partial charge >= 0.3 is 5.97 Å². The minimum atomic E-state index is -0.747. The predicted octanol–water partition coefficient (Wildman–Crippen LogP) is 0.201. The van der Waals surface area contributed by atoms with Crippen LogP contribution >= 0.6 is 0 Å². The van der Waals surface area contributed by atoms with Crippen LogP contribution < -0.4 is 5.73 Å². The van der Waals surface area contributed by atoms with Crippen LogP contribution in [0.4, 0.5) is 0 Å². The molecule has 5 heteroatoms. The zero-order valence-corrected chi connectivity index (χ0v) is 9.40. The lowest BCUT2D eigenvalue weighted by molar-refractivity contribution is -0.157. The number of hydrogen-bond donors (Lipinski definition) is 2. The second-order valence-electron chi connectivity index (χ2n) is 3.67. The van der Waals surface area contributed by atoms with Gasteiger partial charge in [0.25, 0.3) is 0 Å². The van der Waals surface area contributed by atoms with Crippen molar-refractivity contribution in [2.24, 2.45) is 11.7 Å². The Bertz CT molecular complexity index is 227.